The average Bonchev–Trinajstić information content (AvgIpc) is 3.73. The van der Waals surface area contributed by atoms with Crippen LogP contribution in [0.3, 0.4) is 0 Å². The normalized spacial score (nSPS) is 27.1. The van der Waals surface area contributed by atoms with Crippen molar-refractivity contribution in [3.8, 4) is 22.4 Å². The third-order valence-corrected chi connectivity index (χ3v) is 11.8. The topological polar surface area (TPSA) is 89.7 Å². The van der Waals surface area contributed by atoms with Crippen LogP contribution < -0.4 is 5.32 Å². The van der Waals surface area contributed by atoms with Crippen LogP contribution in [-0.2, 0) is 12.8 Å². The van der Waals surface area contributed by atoms with Gasteiger partial charge < -0.3 is 15.3 Å². The molecule has 11 rings (SSSR count). The number of Topliss-reactive ketones (excluding diaryl/α,β-unsaturated/α-hetero) is 1. The molecule has 2 aromatic heterocycles. The molecule has 4 fully saturated rings. The van der Waals surface area contributed by atoms with E-state index in [1.807, 2.05) is 30.3 Å². The van der Waals surface area contributed by atoms with Gasteiger partial charge in [-0.1, -0.05) is 66.7 Å². The SMILES string of the molecule is O=C(CN1[C@@H]2C[C@@H]2C[C@H]1c1nc2c(ccc3cc(-c4ccc5c(c4)CCc4[nH]c([C@@H]6C[C@H]7C[C@H]7N6)nc4-5)ccc32)[nH]1)c1ccccc1. The van der Waals surface area contributed by atoms with E-state index in [9.17, 15) is 4.79 Å². The lowest BCUT2D eigenvalue weighted by atomic mass is 9.89. The lowest BCUT2D eigenvalue weighted by Gasteiger charge is -2.25. The highest BCUT2D eigenvalue weighted by Crippen LogP contribution is 2.53. The summed E-state index contributed by atoms with van der Waals surface area (Å²) in [7, 11) is 0. The molecule has 5 aliphatic rings. The largest absolute Gasteiger partial charge is 0.344 e. The van der Waals surface area contributed by atoms with Crippen LogP contribution in [-0.4, -0.2) is 49.2 Å². The van der Waals surface area contributed by atoms with Gasteiger partial charge in [-0.3, -0.25) is 9.69 Å². The Morgan fingerprint density at radius 1 is 0.809 bits per heavy atom. The van der Waals surface area contributed by atoms with Crippen LogP contribution in [0.5, 0.6) is 0 Å². The van der Waals surface area contributed by atoms with Crippen molar-refractivity contribution < 1.29 is 4.79 Å². The second kappa shape index (κ2) is 9.72. The van der Waals surface area contributed by atoms with E-state index < -0.39 is 0 Å². The van der Waals surface area contributed by atoms with Gasteiger partial charge in [-0.05, 0) is 84.6 Å². The third-order valence-electron chi connectivity index (χ3n) is 11.8. The van der Waals surface area contributed by atoms with Gasteiger partial charge in [-0.15, -0.1) is 0 Å². The number of hydrogen-bond acceptors (Lipinski definition) is 5. The summed E-state index contributed by atoms with van der Waals surface area (Å²) < 4.78 is 0. The molecule has 4 heterocycles. The van der Waals surface area contributed by atoms with Crippen LogP contribution in [0, 0.1) is 11.8 Å². The number of piperidine rings is 2. The van der Waals surface area contributed by atoms with Crippen molar-refractivity contribution in [1.29, 1.82) is 0 Å². The molecule has 232 valence electrons. The van der Waals surface area contributed by atoms with Gasteiger partial charge in [0.2, 0.25) is 0 Å². The summed E-state index contributed by atoms with van der Waals surface area (Å²) >= 11 is 0. The van der Waals surface area contributed by atoms with E-state index in [-0.39, 0.29) is 11.8 Å². The summed E-state index contributed by atoms with van der Waals surface area (Å²) in [5.41, 5.74) is 10.4. The molecule has 47 heavy (non-hydrogen) atoms. The fourth-order valence-corrected chi connectivity index (χ4v) is 9.08. The second-order valence-corrected chi connectivity index (χ2v) is 14.7. The number of carbonyl (C=O) groups excluding carboxylic acids is 1. The van der Waals surface area contributed by atoms with Crippen molar-refractivity contribution in [3.63, 3.8) is 0 Å². The van der Waals surface area contributed by atoms with E-state index in [2.05, 4.69) is 68.7 Å². The average molecular weight is 617 g/mol. The fourth-order valence-electron chi connectivity index (χ4n) is 9.08. The first-order valence-corrected chi connectivity index (χ1v) is 17.4. The van der Waals surface area contributed by atoms with E-state index in [0.29, 0.717) is 24.5 Å². The number of fused-ring (bicyclic) bond motifs is 8. The van der Waals surface area contributed by atoms with Crippen LogP contribution in [0.25, 0.3) is 44.2 Å². The van der Waals surface area contributed by atoms with Crippen LogP contribution in [0.2, 0.25) is 0 Å². The molecule has 7 heteroatoms. The molecule has 3 aliphatic carbocycles. The molecule has 2 saturated heterocycles. The molecular weight excluding hydrogens is 580 g/mol. The number of nitrogens with zero attached hydrogens (tertiary/aromatic N) is 3. The first-order chi connectivity index (χ1) is 23.1. The minimum atomic E-state index is 0.148. The first-order valence-electron chi connectivity index (χ1n) is 17.4. The molecule has 4 aromatic carbocycles. The van der Waals surface area contributed by atoms with Gasteiger partial charge in [0.05, 0.1) is 35.4 Å². The van der Waals surface area contributed by atoms with Gasteiger partial charge >= 0.3 is 0 Å². The zero-order valence-corrected chi connectivity index (χ0v) is 26.2. The quantitative estimate of drug-likeness (QED) is 0.171. The second-order valence-electron chi connectivity index (χ2n) is 14.7. The number of carbonyl (C=O) groups is 1. The van der Waals surface area contributed by atoms with Crippen molar-refractivity contribution in [2.45, 2.75) is 62.7 Å². The Balaban J connectivity index is 0.881. The molecule has 0 bridgehead atoms. The van der Waals surface area contributed by atoms with E-state index in [4.69, 9.17) is 9.97 Å². The van der Waals surface area contributed by atoms with Gasteiger partial charge in [-0.2, -0.15) is 0 Å². The number of aryl methyl sites for hydroxylation is 2. The first kappa shape index (κ1) is 26.5. The molecule has 6 atom stereocenters. The molecule has 2 saturated carbocycles. The highest BCUT2D eigenvalue weighted by Gasteiger charge is 2.53. The fraction of sp³-hybridized carbons (Fsp3) is 0.325. The number of aromatic amines is 2. The van der Waals surface area contributed by atoms with E-state index in [1.54, 1.807) is 0 Å². The number of ketones is 1. The zero-order chi connectivity index (χ0) is 30.8. The summed E-state index contributed by atoms with van der Waals surface area (Å²) in [4.78, 5) is 33.2. The molecule has 0 radical (unpaired) electrons. The van der Waals surface area contributed by atoms with Gasteiger partial charge in [-0.25, -0.2) is 9.97 Å². The molecule has 3 N–H and O–H groups in total. The number of nitrogens with one attached hydrogen (secondary N) is 3. The third kappa shape index (κ3) is 4.22. The number of benzene rings is 4. The van der Waals surface area contributed by atoms with Crippen molar-refractivity contribution in [3.05, 3.63) is 107 Å². The Labute approximate surface area is 272 Å². The monoisotopic (exact) mass is 616 g/mol. The minimum Gasteiger partial charge on any atom is -0.344 e. The van der Waals surface area contributed by atoms with E-state index in [1.165, 1.54) is 52.6 Å². The maximum absolute atomic E-state index is 13.2. The smallest absolute Gasteiger partial charge is 0.176 e. The molecular formula is C40H36N6O. The molecule has 6 aromatic rings. The van der Waals surface area contributed by atoms with Crippen molar-refractivity contribution in [2.24, 2.45) is 11.8 Å². The number of rotatable bonds is 6. The Hall–Kier alpha value is -4.59. The van der Waals surface area contributed by atoms with Crippen LogP contribution in [0.1, 0.15) is 71.0 Å². The van der Waals surface area contributed by atoms with E-state index >= 15 is 0 Å². The zero-order valence-electron chi connectivity index (χ0n) is 26.2. The van der Waals surface area contributed by atoms with E-state index in [0.717, 1.165) is 70.5 Å². The molecule has 0 amide bonds. The summed E-state index contributed by atoms with van der Waals surface area (Å²) in [6.45, 7) is 0.443. The molecule has 0 spiro atoms. The number of imidazole rings is 2. The van der Waals surface area contributed by atoms with Crippen LogP contribution >= 0.6 is 0 Å². The highest BCUT2D eigenvalue weighted by atomic mass is 16.1. The Kier molecular flexibility index (Phi) is 5.48. The molecule has 0 unspecified atom stereocenters. The number of H-pyrrole nitrogens is 2. The Morgan fingerprint density at radius 3 is 2.60 bits per heavy atom. The number of aromatic nitrogens is 4. The summed E-state index contributed by atoms with van der Waals surface area (Å²) in [6.07, 6.45) is 6.84. The predicted octanol–water partition coefficient (Wildman–Crippen LogP) is 7.31. The molecule has 7 nitrogen and oxygen atoms in total. The Morgan fingerprint density at radius 2 is 1.70 bits per heavy atom. The minimum absolute atomic E-state index is 0.148. The summed E-state index contributed by atoms with van der Waals surface area (Å²) in [5, 5.41) is 6.10. The van der Waals surface area contributed by atoms with Crippen molar-refractivity contribution >= 4 is 27.6 Å². The standard InChI is InChI=1S/C40H36N6O/c47-36(21-4-2-1-3-5-21)20-46-34-18-27(34)19-35(46)40-43-31-13-9-25-15-23(7-11-29(25)38(31)45-40)22-6-10-28-24(14-22)8-12-30-37(28)44-39(42-30)33-17-26-16-32(26)41-33/h1-7,9-11,13-15,26-27,32-35,41H,8,12,16-20H2,(H,42,44)(H,43,45)/t26-,27-,32-,33+,34-,35+/m1/s1. The van der Waals surface area contributed by atoms with Gasteiger partial charge in [0, 0.05) is 34.3 Å². The maximum atomic E-state index is 13.2. The lowest BCUT2D eigenvalue weighted by Crippen LogP contribution is -2.33. The summed E-state index contributed by atoms with van der Waals surface area (Å²) in [6, 6.07) is 29.5. The van der Waals surface area contributed by atoms with Gasteiger partial charge in [0.15, 0.2) is 5.78 Å². The lowest BCUT2D eigenvalue weighted by molar-refractivity contribution is 0.0899. The molecule has 2 aliphatic heterocycles. The van der Waals surface area contributed by atoms with Gasteiger partial charge in [0.1, 0.15) is 11.6 Å². The van der Waals surface area contributed by atoms with Crippen LogP contribution in [0.15, 0.2) is 78.9 Å². The van der Waals surface area contributed by atoms with Crippen molar-refractivity contribution in [2.75, 3.05) is 6.54 Å². The van der Waals surface area contributed by atoms with Crippen LogP contribution in [0.4, 0.5) is 0 Å². The highest BCUT2D eigenvalue weighted by molar-refractivity contribution is 6.05. The van der Waals surface area contributed by atoms with Crippen molar-refractivity contribution in [1.82, 2.24) is 30.2 Å². The predicted molar refractivity (Wildman–Crippen MR) is 183 cm³/mol. The Bertz CT molecular complexity index is 2240. The number of hydrogen-bond donors (Lipinski definition) is 3. The number of likely N-dealkylation sites (tertiary alicyclic amines) is 1. The van der Waals surface area contributed by atoms with Gasteiger partial charge in [0.25, 0.3) is 0 Å². The maximum Gasteiger partial charge on any atom is 0.176 e. The summed E-state index contributed by atoms with van der Waals surface area (Å²) in [5.74, 6) is 3.83.